The molecule has 0 amide bonds. The number of carbonyl (C=O) groups excluding carboxylic acids is 1. The van der Waals surface area contributed by atoms with Gasteiger partial charge in [0.05, 0.1) is 20.1 Å². The van der Waals surface area contributed by atoms with Crippen molar-refractivity contribution in [3.63, 3.8) is 0 Å². The fourth-order valence-corrected chi connectivity index (χ4v) is 5.02. The van der Waals surface area contributed by atoms with Crippen LogP contribution in [-0.4, -0.2) is 32.9 Å². The van der Waals surface area contributed by atoms with Crippen LogP contribution in [0.25, 0.3) is 0 Å². The summed E-state index contributed by atoms with van der Waals surface area (Å²) in [6.07, 6.45) is 1.06. The number of carbonyl (C=O) groups is 1. The summed E-state index contributed by atoms with van der Waals surface area (Å²) >= 11 is 0. The maximum absolute atomic E-state index is 15.0. The summed E-state index contributed by atoms with van der Waals surface area (Å²) in [5.74, 6) is 3.12. The van der Waals surface area contributed by atoms with Crippen molar-refractivity contribution in [3.8, 4) is 34.5 Å². The van der Waals surface area contributed by atoms with Crippen LogP contribution in [0.15, 0.2) is 48.5 Å². The van der Waals surface area contributed by atoms with Crippen LogP contribution in [0.4, 0.5) is 4.39 Å². The Balaban J connectivity index is 1.21. The van der Waals surface area contributed by atoms with Gasteiger partial charge in [0.2, 0.25) is 0 Å². The molecule has 0 N–H and O–H groups in total. The molecule has 0 saturated heterocycles. The van der Waals surface area contributed by atoms with E-state index in [-0.39, 0.29) is 24.1 Å². The van der Waals surface area contributed by atoms with E-state index < -0.39 is 6.10 Å². The minimum atomic E-state index is -0.450. The number of methoxy groups -OCH3 is 1. The summed E-state index contributed by atoms with van der Waals surface area (Å²) in [4.78, 5) is 11.7. The molecular formula is C28H25FO7. The quantitative estimate of drug-likeness (QED) is 0.421. The smallest absolute Gasteiger partial charge is 0.306 e. The Bertz CT molecular complexity index is 1320. The molecule has 186 valence electrons. The molecule has 0 spiro atoms. The Morgan fingerprint density at radius 2 is 1.78 bits per heavy atom. The maximum atomic E-state index is 15.0. The summed E-state index contributed by atoms with van der Waals surface area (Å²) in [6, 6.07) is 14.0. The van der Waals surface area contributed by atoms with Gasteiger partial charge < -0.3 is 28.4 Å². The van der Waals surface area contributed by atoms with Crippen LogP contribution in [0.5, 0.6) is 34.5 Å². The molecule has 1 aliphatic carbocycles. The average Bonchev–Trinajstić information content (AvgIpc) is 3.50. The van der Waals surface area contributed by atoms with E-state index in [1.54, 1.807) is 18.2 Å². The second-order valence-corrected chi connectivity index (χ2v) is 8.98. The van der Waals surface area contributed by atoms with Gasteiger partial charge in [0.25, 0.3) is 0 Å². The molecule has 7 nitrogen and oxygen atoms in total. The molecule has 8 heteroatoms. The molecule has 1 unspecified atom stereocenters. The van der Waals surface area contributed by atoms with Gasteiger partial charge >= 0.3 is 5.97 Å². The highest BCUT2D eigenvalue weighted by Crippen LogP contribution is 2.45. The van der Waals surface area contributed by atoms with Gasteiger partial charge in [-0.3, -0.25) is 4.79 Å². The average molecular weight is 492 g/mol. The van der Waals surface area contributed by atoms with Crippen molar-refractivity contribution >= 4 is 5.97 Å². The zero-order valence-electron chi connectivity index (χ0n) is 19.8. The Morgan fingerprint density at radius 1 is 0.972 bits per heavy atom. The predicted molar refractivity (Wildman–Crippen MR) is 127 cm³/mol. The number of halogens is 1. The molecule has 3 aromatic rings. The fraction of sp³-hybridized carbons (Fsp3) is 0.321. The van der Waals surface area contributed by atoms with Crippen LogP contribution in [-0.2, 0) is 16.0 Å². The van der Waals surface area contributed by atoms with Crippen LogP contribution in [0.3, 0.4) is 0 Å². The molecule has 0 saturated carbocycles. The van der Waals surface area contributed by atoms with Crippen LogP contribution in [0.1, 0.15) is 41.6 Å². The Labute approximate surface area is 207 Å². The lowest BCUT2D eigenvalue weighted by molar-refractivity contribution is -0.141. The van der Waals surface area contributed by atoms with E-state index in [1.165, 1.54) is 13.2 Å². The zero-order valence-corrected chi connectivity index (χ0v) is 19.8. The highest BCUT2D eigenvalue weighted by atomic mass is 19.1. The molecule has 3 aromatic carbocycles. The van der Waals surface area contributed by atoms with E-state index in [2.05, 4.69) is 0 Å². The third kappa shape index (κ3) is 4.17. The molecule has 2 aliphatic heterocycles. The third-order valence-electron chi connectivity index (χ3n) is 6.76. The van der Waals surface area contributed by atoms with Crippen molar-refractivity contribution in [2.24, 2.45) is 0 Å². The first-order chi connectivity index (χ1) is 17.6. The summed E-state index contributed by atoms with van der Waals surface area (Å²) in [5.41, 5.74) is 2.25. The highest BCUT2D eigenvalue weighted by molar-refractivity contribution is 5.71. The van der Waals surface area contributed by atoms with Crippen LogP contribution in [0, 0.1) is 5.82 Å². The van der Waals surface area contributed by atoms with E-state index in [4.69, 9.17) is 28.4 Å². The summed E-state index contributed by atoms with van der Waals surface area (Å²) in [5, 5.41) is 0. The van der Waals surface area contributed by atoms with Gasteiger partial charge in [-0.1, -0.05) is 6.07 Å². The van der Waals surface area contributed by atoms with E-state index in [9.17, 15) is 9.18 Å². The standard InChI is InChI=1S/C28H25FO7/c1-31-27(30)12-16-15-34-25-13-17(2-4-19(16)25)36-24-8-5-20-22(9-6-21(29)28(20)24)35-18-3-7-23-26(14-18)33-11-10-32-23/h2-4,6-7,9,13-14,16,24H,5,8,10-12,15H2,1H3/t16?,24-/m1/s1. The zero-order chi connectivity index (χ0) is 24.6. The van der Waals surface area contributed by atoms with Crippen molar-refractivity contribution in [2.45, 2.75) is 31.3 Å². The Hall–Kier alpha value is -3.94. The normalized spacial score (nSPS) is 19.2. The second-order valence-electron chi connectivity index (χ2n) is 8.98. The minimum Gasteiger partial charge on any atom is -0.492 e. The van der Waals surface area contributed by atoms with Gasteiger partial charge in [0.15, 0.2) is 11.5 Å². The largest absolute Gasteiger partial charge is 0.492 e. The van der Waals surface area contributed by atoms with E-state index in [1.807, 2.05) is 24.3 Å². The highest BCUT2D eigenvalue weighted by Gasteiger charge is 2.32. The second kappa shape index (κ2) is 9.26. The topological polar surface area (TPSA) is 72.5 Å². The predicted octanol–water partition coefficient (Wildman–Crippen LogP) is 5.49. The molecule has 6 rings (SSSR count). The minimum absolute atomic E-state index is 0.0496. The molecule has 0 radical (unpaired) electrons. The van der Waals surface area contributed by atoms with Crippen LogP contribution in [0.2, 0.25) is 0 Å². The molecule has 0 aromatic heterocycles. The van der Waals surface area contributed by atoms with Crippen molar-refractivity contribution in [1.82, 2.24) is 0 Å². The van der Waals surface area contributed by atoms with Crippen molar-refractivity contribution in [1.29, 1.82) is 0 Å². The number of fused-ring (bicyclic) bond motifs is 3. The third-order valence-corrected chi connectivity index (χ3v) is 6.76. The Morgan fingerprint density at radius 3 is 2.64 bits per heavy atom. The summed E-state index contributed by atoms with van der Waals surface area (Å²) < 4.78 is 49.1. The van der Waals surface area contributed by atoms with Gasteiger partial charge in [-0.15, -0.1) is 0 Å². The number of ether oxygens (including phenoxy) is 6. The summed E-state index contributed by atoms with van der Waals surface area (Å²) in [7, 11) is 1.38. The first-order valence-electron chi connectivity index (χ1n) is 12.0. The lowest BCUT2D eigenvalue weighted by Crippen LogP contribution is -2.15. The van der Waals surface area contributed by atoms with Crippen molar-refractivity contribution in [3.05, 3.63) is 71.0 Å². The number of esters is 1. The number of rotatable bonds is 6. The van der Waals surface area contributed by atoms with E-state index in [0.29, 0.717) is 72.7 Å². The molecule has 0 bridgehead atoms. The number of hydrogen-bond acceptors (Lipinski definition) is 7. The lowest BCUT2D eigenvalue weighted by atomic mass is 9.98. The first kappa shape index (κ1) is 22.5. The van der Waals surface area contributed by atoms with Gasteiger partial charge in [0.1, 0.15) is 48.1 Å². The first-order valence-corrected chi connectivity index (χ1v) is 12.0. The molecule has 2 atom stereocenters. The monoisotopic (exact) mass is 492 g/mol. The maximum Gasteiger partial charge on any atom is 0.306 e. The van der Waals surface area contributed by atoms with Crippen molar-refractivity contribution in [2.75, 3.05) is 26.9 Å². The van der Waals surface area contributed by atoms with Gasteiger partial charge in [-0.2, -0.15) is 0 Å². The van der Waals surface area contributed by atoms with Crippen molar-refractivity contribution < 1.29 is 37.6 Å². The fourth-order valence-electron chi connectivity index (χ4n) is 5.02. The molecule has 36 heavy (non-hydrogen) atoms. The van der Waals surface area contributed by atoms with Crippen LogP contribution >= 0.6 is 0 Å². The Kier molecular flexibility index (Phi) is 5.79. The number of benzene rings is 3. The molecule has 2 heterocycles. The van der Waals surface area contributed by atoms with Gasteiger partial charge in [-0.25, -0.2) is 4.39 Å². The number of hydrogen-bond donors (Lipinski definition) is 0. The molecule has 3 aliphatic rings. The molecule has 0 fully saturated rings. The lowest BCUT2D eigenvalue weighted by Gasteiger charge is -2.19. The molecular weight excluding hydrogens is 467 g/mol. The van der Waals surface area contributed by atoms with E-state index in [0.717, 1.165) is 11.1 Å². The van der Waals surface area contributed by atoms with Gasteiger partial charge in [-0.05, 0) is 43.2 Å². The summed E-state index contributed by atoms with van der Waals surface area (Å²) in [6.45, 7) is 1.42. The van der Waals surface area contributed by atoms with E-state index >= 15 is 0 Å². The van der Waals surface area contributed by atoms with Gasteiger partial charge in [0, 0.05) is 34.7 Å². The SMILES string of the molecule is COC(=O)CC1COc2cc(O[C@@H]3CCc4c(Oc5ccc6c(c5)OCCO6)ccc(F)c43)ccc21. The van der Waals surface area contributed by atoms with Crippen LogP contribution < -0.4 is 23.7 Å².